The van der Waals surface area contributed by atoms with Crippen molar-refractivity contribution in [2.24, 2.45) is 0 Å². The maximum absolute atomic E-state index is 12.7. The molecule has 0 aliphatic heterocycles. The Morgan fingerprint density at radius 1 is 0.585 bits per heavy atom. The van der Waals surface area contributed by atoms with Crippen LogP contribution >= 0.6 is 0 Å². The molecule has 0 radical (unpaired) electrons. The number of quaternary nitrogens is 1. The molecule has 0 aliphatic rings. The Bertz CT molecular complexity index is 1140. The Labute approximate surface area is 323 Å². The van der Waals surface area contributed by atoms with E-state index in [1.807, 2.05) is 60.8 Å². The van der Waals surface area contributed by atoms with Crippen molar-refractivity contribution in [2.45, 2.75) is 142 Å². The summed E-state index contributed by atoms with van der Waals surface area (Å²) in [6, 6.07) is -0.738. The van der Waals surface area contributed by atoms with E-state index < -0.39 is 18.1 Å². The summed E-state index contributed by atoms with van der Waals surface area (Å²) in [6.07, 6.45) is 44.6. The summed E-state index contributed by atoms with van der Waals surface area (Å²) in [5, 5.41) is 11.6. The predicted molar refractivity (Wildman–Crippen MR) is 217 cm³/mol. The topological polar surface area (TPSA) is 102 Å². The Kier molecular flexibility index (Phi) is 33.2. The van der Waals surface area contributed by atoms with Crippen LogP contribution in [0.4, 0.5) is 0 Å². The van der Waals surface area contributed by atoms with Gasteiger partial charge in [0.05, 0.1) is 40.3 Å². The molecular weight excluding hydrogens is 666 g/mol. The number of carbonyl (C=O) groups excluding carboxylic acids is 3. The lowest BCUT2D eigenvalue weighted by Crippen LogP contribution is -2.55. The van der Waals surface area contributed by atoms with E-state index in [1.54, 1.807) is 21.1 Å². The van der Waals surface area contributed by atoms with E-state index in [-0.39, 0.29) is 42.7 Å². The van der Waals surface area contributed by atoms with Gasteiger partial charge in [-0.3, -0.25) is 9.59 Å². The number of likely N-dealkylation sites (N-methyl/N-ethyl adjacent to an activating group) is 1. The third-order valence-corrected chi connectivity index (χ3v) is 8.43. The summed E-state index contributed by atoms with van der Waals surface area (Å²) in [7, 11) is 5.37. The molecule has 0 amide bonds. The van der Waals surface area contributed by atoms with Crippen LogP contribution in [-0.4, -0.2) is 75.5 Å². The van der Waals surface area contributed by atoms with Gasteiger partial charge in [-0.1, -0.05) is 137 Å². The molecule has 0 rings (SSSR count). The van der Waals surface area contributed by atoms with E-state index in [0.717, 1.165) is 64.2 Å². The van der Waals surface area contributed by atoms with Crippen molar-refractivity contribution in [1.29, 1.82) is 0 Å². The zero-order valence-electron chi connectivity index (χ0n) is 33.9. The highest BCUT2D eigenvalue weighted by molar-refractivity contribution is 5.70. The molecule has 0 bridgehead atoms. The molecule has 0 aliphatic carbocycles. The standard InChI is InChI=1S/C45H73NO7/c1-6-8-10-12-14-16-18-20-21-22-23-24-26-27-29-31-33-35-43(47)52-40-41(39-51-38-37-42(45(49)50)46(3,4)5)53-44(48)36-34-32-30-28-25-19-17-15-13-11-9-7-2/h8,10,12,14-18,20-24,26,41-42H,6-7,9,11,13,19,25,27-40H2,1-5H3/b10-8+,14-12+,17-15+,18-16+,21-20+,23-22+,26-24+. The minimum absolute atomic E-state index is 0.0173. The van der Waals surface area contributed by atoms with Crippen molar-refractivity contribution in [3.63, 3.8) is 0 Å². The summed E-state index contributed by atoms with van der Waals surface area (Å²) in [5.74, 6) is -1.82. The minimum Gasteiger partial charge on any atom is -0.544 e. The number of ether oxygens (including phenoxy) is 3. The lowest BCUT2D eigenvalue weighted by Gasteiger charge is -2.34. The third kappa shape index (κ3) is 34.1. The van der Waals surface area contributed by atoms with E-state index in [9.17, 15) is 19.5 Å². The Morgan fingerprint density at radius 2 is 1.08 bits per heavy atom. The van der Waals surface area contributed by atoms with Crippen LogP contribution < -0.4 is 5.11 Å². The second-order valence-corrected chi connectivity index (χ2v) is 14.3. The fourth-order valence-corrected chi connectivity index (χ4v) is 5.27. The number of hydrogen-bond donors (Lipinski definition) is 0. The van der Waals surface area contributed by atoms with E-state index in [0.29, 0.717) is 19.3 Å². The summed E-state index contributed by atoms with van der Waals surface area (Å²) >= 11 is 0. The average Bonchev–Trinajstić information content (AvgIpc) is 3.11. The average molecular weight is 740 g/mol. The molecule has 2 unspecified atom stereocenters. The van der Waals surface area contributed by atoms with Gasteiger partial charge in [0.15, 0.2) is 6.10 Å². The van der Waals surface area contributed by atoms with E-state index in [4.69, 9.17) is 14.2 Å². The lowest BCUT2D eigenvalue weighted by atomic mass is 10.1. The van der Waals surface area contributed by atoms with Crippen LogP contribution in [0.25, 0.3) is 0 Å². The molecule has 8 heteroatoms. The Balaban J connectivity index is 4.52. The number of nitrogens with zero attached hydrogens (tertiary/aromatic N) is 1. The second-order valence-electron chi connectivity index (χ2n) is 14.3. The van der Waals surface area contributed by atoms with Gasteiger partial charge in [0.25, 0.3) is 0 Å². The van der Waals surface area contributed by atoms with Crippen LogP contribution in [0.5, 0.6) is 0 Å². The first kappa shape index (κ1) is 49.5. The van der Waals surface area contributed by atoms with Gasteiger partial charge in [-0.2, -0.15) is 0 Å². The molecule has 0 saturated carbocycles. The molecule has 53 heavy (non-hydrogen) atoms. The molecule has 0 saturated heterocycles. The van der Waals surface area contributed by atoms with Crippen molar-refractivity contribution < 1.29 is 38.2 Å². The van der Waals surface area contributed by atoms with Crippen molar-refractivity contribution in [2.75, 3.05) is 41.0 Å². The van der Waals surface area contributed by atoms with Crippen LogP contribution in [0.2, 0.25) is 0 Å². The molecule has 0 fully saturated rings. The first-order chi connectivity index (χ1) is 25.6. The smallest absolute Gasteiger partial charge is 0.306 e. The lowest BCUT2D eigenvalue weighted by molar-refractivity contribution is -0.889. The largest absolute Gasteiger partial charge is 0.544 e. The zero-order valence-corrected chi connectivity index (χ0v) is 33.9. The van der Waals surface area contributed by atoms with Gasteiger partial charge in [0.1, 0.15) is 12.6 Å². The maximum Gasteiger partial charge on any atom is 0.306 e. The minimum atomic E-state index is -1.14. The summed E-state index contributed by atoms with van der Waals surface area (Å²) < 4.78 is 17.1. The first-order valence-corrected chi connectivity index (χ1v) is 20.2. The molecule has 2 atom stereocenters. The van der Waals surface area contributed by atoms with E-state index >= 15 is 0 Å². The van der Waals surface area contributed by atoms with Crippen molar-refractivity contribution in [1.82, 2.24) is 0 Å². The number of rotatable bonds is 34. The highest BCUT2D eigenvalue weighted by atomic mass is 16.6. The molecule has 0 N–H and O–H groups in total. The number of unbranched alkanes of at least 4 members (excludes halogenated alkanes) is 11. The fourth-order valence-electron chi connectivity index (χ4n) is 5.27. The number of carboxylic acids is 1. The monoisotopic (exact) mass is 740 g/mol. The molecule has 8 nitrogen and oxygen atoms in total. The molecular formula is C45H73NO7. The van der Waals surface area contributed by atoms with Gasteiger partial charge >= 0.3 is 11.9 Å². The normalized spacial score (nSPS) is 13.9. The van der Waals surface area contributed by atoms with Crippen LogP contribution in [0.15, 0.2) is 85.1 Å². The highest BCUT2D eigenvalue weighted by Gasteiger charge is 2.25. The van der Waals surface area contributed by atoms with Gasteiger partial charge < -0.3 is 28.6 Å². The molecule has 0 aromatic rings. The quantitative estimate of drug-likeness (QED) is 0.0213. The summed E-state index contributed by atoms with van der Waals surface area (Å²) in [6.45, 7) is 4.40. The molecule has 0 heterocycles. The van der Waals surface area contributed by atoms with Crippen molar-refractivity contribution in [3.8, 4) is 0 Å². The SMILES string of the molecule is CC/C=C/C=C/C=C/C=C/C=C/C=C/CCCCCC(=O)OCC(COCCC(C(=O)[O-])[N+](C)(C)C)OC(=O)CCCCCCC/C=C/CCCCC. The van der Waals surface area contributed by atoms with Crippen LogP contribution in [0.1, 0.15) is 129 Å². The number of aliphatic carboxylic acids is 1. The molecule has 0 aromatic heterocycles. The van der Waals surface area contributed by atoms with Crippen molar-refractivity contribution in [3.05, 3.63) is 85.1 Å². The van der Waals surface area contributed by atoms with Crippen LogP contribution in [-0.2, 0) is 28.6 Å². The van der Waals surface area contributed by atoms with Crippen LogP contribution in [0, 0.1) is 0 Å². The number of esters is 2. The molecule has 0 aromatic carbocycles. The number of allylic oxidation sites excluding steroid dienone is 14. The molecule has 0 spiro atoms. The van der Waals surface area contributed by atoms with E-state index in [2.05, 4.69) is 38.2 Å². The zero-order chi connectivity index (χ0) is 39.3. The second kappa shape index (κ2) is 35.5. The first-order valence-electron chi connectivity index (χ1n) is 20.2. The van der Waals surface area contributed by atoms with Gasteiger partial charge in [0.2, 0.25) is 0 Å². The number of carboxylic acid groups (broad SMARTS) is 1. The molecule has 300 valence electrons. The summed E-state index contributed by atoms with van der Waals surface area (Å²) in [5.41, 5.74) is 0. The maximum atomic E-state index is 12.7. The predicted octanol–water partition coefficient (Wildman–Crippen LogP) is 9.24. The van der Waals surface area contributed by atoms with Crippen molar-refractivity contribution >= 4 is 17.9 Å². The number of carbonyl (C=O) groups is 3. The van der Waals surface area contributed by atoms with Gasteiger partial charge in [-0.15, -0.1) is 0 Å². The Hall–Kier alpha value is -3.49. The van der Waals surface area contributed by atoms with Gasteiger partial charge in [-0.05, 0) is 57.8 Å². The van der Waals surface area contributed by atoms with Gasteiger partial charge in [-0.25, -0.2) is 0 Å². The van der Waals surface area contributed by atoms with Gasteiger partial charge in [0, 0.05) is 19.3 Å². The summed E-state index contributed by atoms with van der Waals surface area (Å²) in [4.78, 5) is 36.7. The third-order valence-electron chi connectivity index (χ3n) is 8.43. The van der Waals surface area contributed by atoms with E-state index in [1.165, 1.54) is 25.7 Å². The number of hydrogen-bond acceptors (Lipinski definition) is 7. The van der Waals surface area contributed by atoms with Crippen LogP contribution in [0.3, 0.4) is 0 Å². The Morgan fingerprint density at radius 3 is 1.64 bits per heavy atom. The highest BCUT2D eigenvalue weighted by Crippen LogP contribution is 2.12. The fraction of sp³-hybridized carbons (Fsp3) is 0.622.